The van der Waals surface area contributed by atoms with Crippen LogP contribution in [0.15, 0.2) is 42.5 Å². The first-order valence-electron chi connectivity index (χ1n) is 8.55. The molecule has 0 fully saturated rings. The molecule has 1 amide bonds. The molecule has 160 valence electrons. The fourth-order valence-corrected chi connectivity index (χ4v) is 2.36. The SMILES string of the molecule is COc1cc(C(C)=O)ccc1OCC(=O)OCC(=O)Nc1ccccc1C(F)(F)F. The van der Waals surface area contributed by atoms with Crippen molar-refractivity contribution in [2.45, 2.75) is 13.1 Å². The maximum atomic E-state index is 12.9. The Morgan fingerprint density at radius 3 is 2.33 bits per heavy atom. The zero-order valence-corrected chi connectivity index (χ0v) is 16.0. The van der Waals surface area contributed by atoms with Gasteiger partial charge < -0.3 is 19.5 Å². The summed E-state index contributed by atoms with van der Waals surface area (Å²) in [6, 6.07) is 8.78. The minimum Gasteiger partial charge on any atom is -0.493 e. The van der Waals surface area contributed by atoms with Crippen molar-refractivity contribution in [1.29, 1.82) is 0 Å². The van der Waals surface area contributed by atoms with Crippen LogP contribution in [0.1, 0.15) is 22.8 Å². The minimum atomic E-state index is -4.65. The van der Waals surface area contributed by atoms with Gasteiger partial charge in [-0.15, -0.1) is 0 Å². The summed E-state index contributed by atoms with van der Waals surface area (Å²) in [6.45, 7) is 0.00180. The van der Waals surface area contributed by atoms with E-state index in [2.05, 4.69) is 5.32 Å². The summed E-state index contributed by atoms with van der Waals surface area (Å²) in [5.41, 5.74) is -1.08. The summed E-state index contributed by atoms with van der Waals surface area (Å²) < 4.78 is 53.8. The van der Waals surface area contributed by atoms with Gasteiger partial charge in [0.1, 0.15) is 0 Å². The number of benzene rings is 2. The molecule has 10 heteroatoms. The molecule has 7 nitrogen and oxygen atoms in total. The number of rotatable bonds is 8. The number of ether oxygens (including phenoxy) is 3. The largest absolute Gasteiger partial charge is 0.493 e. The number of alkyl halides is 3. The normalized spacial score (nSPS) is 10.8. The lowest BCUT2D eigenvalue weighted by Crippen LogP contribution is -2.24. The monoisotopic (exact) mass is 425 g/mol. The van der Waals surface area contributed by atoms with Gasteiger partial charge >= 0.3 is 12.1 Å². The van der Waals surface area contributed by atoms with E-state index in [0.717, 1.165) is 12.1 Å². The van der Waals surface area contributed by atoms with Crippen LogP contribution < -0.4 is 14.8 Å². The van der Waals surface area contributed by atoms with Crippen molar-refractivity contribution in [1.82, 2.24) is 0 Å². The molecule has 2 aromatic carbocycles. The third-order valence-electron chi connectivity index (χ3n) is 3.79. The van der Waals surface area contributed by atoms with Gasteiger partial charge in [0.2, 0.25) is 0 Å². The van der Waals surface area contributed by atoms with Crippen LogP contribution >= 0.6 is 0 Å². The lowest BCUT2D eigenvalue weighted by Gasteiger charge is -2.14. The molecule has 2 aromatic rings. The number of nitrogens with one attached hydrogen (secondary N) is 1. The van der Waals surface area contributed by atoms with E-state index in [1.165, 1.54) is 44.4 Å². The summed E-state index contributed by atoms with van der Waals surface area (Å²) in [7, 11) is 1.35. The molecule has 2 rings (SSSR count). The number of carbonyl (C=O) groups is 3. The van der Waals surface area contributed by atoms with E-state index in [9.17, 15) is 27.6 Å². The molecular weight excluding hydrogens is 407 g/mol. The van der Waals surface area contributed by atoms with Crippen molar-refractivity contribution in [3.05, 3.63) is 53.6 Å². The highest BCUT2D eigenvalue weighted by molar-refractivity contribution is 5.95. The second-order valence-corrected chi connectivity index (χ2v) is 5.96. The molecule has 0 aliphatic rings. The number of halogens is 3. The number of hydrogen-bond donors (Lipinski definition) is 1. The van der Waals surface area contributed by atoms with Crippen molar-refractivity contribution in [2.75, 3.05) is 25.6 Å². The number of ketones is 1. The topological polar surface area (TPSA) is 90.9 Å². The second-order valence-electron chi connectivity index (χ2n) is 5.96. The molecule has 0 saturated heterocycles. The van der Waals surface area contributed by atoms with Gasteiger partial charge in [-0.3, -0.25) is 9.59 Å². The van der Waals surface area contributed by atoms with Gasteiger partial charge in [0, 0.05) is 5.56 Å². The Labute approximate surface area is 169 Å². The van der Waals surface area contributed by atoms with Crippen molar-refractivity contribution < 1.29 is 41.8 Å². The molecule has 0 bridgehead atoms. The van der Waals surface area contributed by atoms with Gasteiger partial charge in [0.05, 0.1) is 18.4 Å². The van der Waals surface area contributed by atoms with Crippen LogP contribution in [0.25, 0.3) is 0 Å². The van der Waals surface area contributed by atoms with Gasteiger partial charge in [-0.2, -0.15) is 13.2 Å². The maximum absolute atomic E-state index is 12.9. The second kappa shape index (κ2) is 9.77. The van der Waals surface area contributed by atoms with Crippen LogP contribution in [-0.4, -0.2) is 38.0 Å². The van der Waals surface area contributed by atoms with E-state index >= 15 is 0 Å². The molecule has 0 saturated carbocycles. The van der Waals surface area contributed by atoms with Crippen LogP contribution in [0.4, 0.5) is 18.9 Å². The zero-order chi connectivity index (χ0) is 22.3. The predicted octanol–water partition coefficient (Wildman–Crippen LogP) is 3.48. The number of amides is 1. The fraction of sp³-hybridized carbons (Fsp3) is 0.250. The van der Waals surface area contributed by atoms with Crippen LogP contribution in [0.5, 0.6) is 11.5 Å². The third kappa shape index (κ3) is 6.23. The van der Waals surface area contributed by atoms with Gasteiger partial charge in [-0.05, 0) is 37.3 Å². The number of esters is 1. The first kappa shape index (κ1) is 22.7. The Hall–Kier alpha value is -3.56. The Morgan fingerprint density at radius 2 is 1.70 bits per heavy atom. The fourth-order valence-electron chi connectivity index (χ4n) is 2.36. The van der Waals surface area contributed by atoms with Crippen LogP contribution in [0, 0.1) is 0 Å². The Bertz CT molecular complexity index is 942. The number of para-hydroxylation sites is 1. The number of anilines is 1. The first-order chi connectivity index (χ1) is 14.1. The van der Waals surface area contributed by atoms with E-state index < -0.39 is 42.5 Å². The third-order valence-corrected chi connectivity index (χ3v) is 3.79. The van der Waals surface area contributed by atoms with Crippen molar-refractivity contribution in [2.24, 2.45) is 0 Å². The highest BCUT2D eigenvalue weighted by Gasteiger charge is 2.33. The summed E-state index contributed by atoms with van der Waals surface area (Å²) in [5.74, 6) is -1.66. The lowest BCUT2D eigenvalue weighted by molar-refractivity contribution is -0.149. The molecule has 0 atom stereocenters. The van der Waals surface area contributed by atoms with Crippen LogP contribution in [0.2, 0.25) is 0 Å². The summed E-state index contributed by atoms with van der Waals surface area (Å²) >= 11 is 0. The number of Topliss-reactive ketones (excluding diaryl/α,β-unsaturated/α-hetero) is 1. The van der Waals surface area contributed by atoms with E-state index in [0.29, 0.717) is 5.56 Å². The smallest absolute Gasteiger partial charge is 0.418 e. The van der Waals surface area contributed by atoms with E-state index in [1.54, 1.807) is 0 Å². The summed E-state index contributed by atoms with van der Waals surface area (Å²) in [6.07, 6.45) is -4.65. The maximum Gasteiger partial charge on any atom is 0.418 e. The molecule has 0 heterocycles. The van der Waals surface area contributed by atoms with E-state index in [4.69, 9.17) is 14.2 Å². The molecule has 30 heavy (non-hydrogen) atoms. The highest BCUT2D eigenvalue weighted by atomic mass is 19.4. The van der Waals surface area contributed by atoms with Gasteiger partial charge in [0.15, 0.2) is 30.5 Å². The zero-order valence-electron chi connectivity index (χ0n) is 16.0. The molecule has 0 aliphatic carbocycles. The highest BCUT2D eigenvalue weighted by Crippen LogP contribution is 2.34. The van der Waals surface area contributed by atoms with Crippen molar-refractivity contribution in [3.8, 4) is 11.5 Å². The number of hydrogen-bond acceptors (Lipinski definition) is 6. The number of methoxy groups -OCH3 is 1. The number of carbonyl (C=O) groups excluding carboxylic acids is 3. The standard InChI is InChI=1S/C20H18F3NO6/c1-12(25)13-7-8-16(17(9-13)28-2)29-11-19(27)30-10-18(26)24-15-6-4-3-5-14(15)20(21,22)23/h3-9H,10-11H2,1-2H3,(H,24,26). The molecule has 0 radical (unpaired) electrons. The first-order valence-corrected chi connectivity index (χ1v) is 8.55. The van der Waals surface area contributed by atoms with E-state index in [1.807, 2.05) is 0 Å². The Morgan fingerprint density at radius 1 is 1.00 bits per heavy atom. The van der Waals surface area contributed by atoms with Crippen LogP contribution in [0.3, 0.4) is 0 Å². The average molecular weight is 425 g/mol. The van der Waals surface area contributed by atoms with Gasteiger partial charge in [-0.1, -0.05) is 12.1 Å². The quantitative estimate of drug-likeness (QED) is 0.515. The lowest BCUT2D eigenvalue weighted by atomic mass is 10.1. The van der Waals surface area contributed by atoms with Crippen LogP contribution in [-0.2, 0) is 20.5 Å². The summed E-state index contributed by atoms with van der Waals surface area (Å²) in [5, 5.41) is 2.05. The van der Waals surface area contributed by atoms with E-state index in [-0.39, 0.29) is 17.3 Å². The predicted molar refractivity (Wildman–Crippen MR) is 99.5 cm³/mol. The molecular formula is C20H18F3NO6. The Balaban J connectivity index is 1.89. The van der Waals surface area contributed by atoms with Gasteiger partial charge in [0.25, 0.3) is 5.91 Å². The van der Waals surface area contributed by atoms with Gasteiger partial charge in [-0.25, -0.2) is 4.79 Å². The Kier molecular flexibility index (Phi) is 7.40. The molecule has 1 N–H and O–H groups in total. The molecule has 0 spiro atoms. The molecule has 0 aromatic heterocycles. The summed E-state index contributed by atoms with van der Waals surface area (Å²) in [4.78, 5) is 35.0. The minimum absolute atomic E-state index is 0.169. The van der Waals surface area contributed by atoms with Crippen molar-refractivity contribution in [3.63, 3.8) is 0 Å². The molecule has 0 unspecified atom stereocenters. The molecule has 0 aliphatic heterocycles. The van der Waals surface area contributed by atoms with Crippen molar-refractivity contribution >= 4 is 23.3 Å². The average Bonchev–Trinajstić information content (AvgIpc) is 2.70.